The second kappa shape index (κ2) is 19.5. The van der Waals surface area contributed by atoms with Crippen LogP contribution in [-0.4, -0.2) is 76.8 Å². The fourth-order valence-corrected chi connectivity index (χ4v) is 1.98. The van der Waals surface area contributed by atoms with E-state index in [9.17, 15) is 9.59 Å². The Morgan fingerprint density at radius 3 is 1.72 bits per heavy atom. The Morgan fingerprint density at radius 2 is 1.24 bits per heavy atom. The Labute approximate surface area is 155 Å². The first kappa shape index (κ1) is 24.1. The van der Waals surface area contributed by atoms with E-state index in [1.54, 1.807) is 0 Å². The first-order chi connectivity index (χ1) is 12.2. The molecule has 8 nitrogen and oxygen atoms in total. The fraction of sp³-hybridized carbons (Fsp3) is 0.875. The van der Waals surface area contributed by atoms with Gasteiger partial charge in [0.25, 0.3) is 0 Å². The van der Waals surface area contributed by atoms with E-state index < -0.39 is 0 Å². The molecule has 0 aromatic rings. The highest BCUT2D eigenvalue weighted by molar-refractivity contribution is 7.80. The number of thiol groups is 1. The number of carbonyl (C=O) groups is 2. The van der Waals surface area contributed by atoms with Gasteiger partial charge in [0, 0.05) is 25.9 Å². The topological polar surface area (TPSA) is 112 Å². The standard InChI is InChI=1S/C16H33N3O5S/c17-5-2-1-3-15(20)18-6-8-22-10-12-24-13-11-23-9-7-19-16(21)4-14-25/h25H,1-14,17H2,(H,18,20)(H,19,21). The van der Waals surface area contributed by atoms with E-state index in [0.717, 1.165) is 12.8 Å². The number of carbonyl (C=O) groups excluding carboxylic acids is 2. The second-order valence-electron chi connectivity index (χ2n) is 5.26. The Kier molecular flexibility index (Phi) is 18.8. The maximum atomic E-state index is 11.4. The molecule has 148 valence electrons. The van der Waals surface area contributed by atoms with Crippen molar-refractivity contribution in [1.29, 1.82) is 0 Å². The normalized spacial score (nSPS) is 10.6. The number of nitrogens with one attached hydrogen (secondary N) is 2. The van der Waals surface area contributed by atoms with Gasteiger partial charge in [-0.25, -0.2) is 0 Å². The van der Waals surface area contributed by atoms with Gasteiger partial charge >= 0.3 is 0 Å². The largest absolute Gasteiger partial charge is 0.377 e. The van der Waals surface area contributed by atoms with Crippen molar-refractivity contribution in [2.24, 2.45) is 5.73 Å². The van der Waals surface area contributed by atoms with Gasteiger partial charge in [-0.05, 0) is 25.1 Å². The molecule has 0 fully saturated rings. The molecular formula is C16H33N3O5S. The van der Waals surface area contributed by atoms with E-state index in [1.807, 2.05) is 0 Å². The number of rotatable bonds is 18. The predicted octanol–water partition coefficient (Wildman–Crippen LogP) is -0.282. The highest BCUT2D eigenvalue weighted by Gasteiger charge is 2.00. The van der Waals surface area contributed by atoms with Crippen molar-refractivity contribution in [1.82, 2.24) is 10.6 Å². The lowest BCUT2D eigenvalue weighted by molar-refractivity contribution is -0.122. The molecule has 0 aliphatic heterocycles. The third-order valence-electron chi connectivity index (χ3n) is 3.08. The third kappa shape index (κ3) is 19.3. The zero-order chi connectivity index (χ0) is 18.6. The summed E-state index contributed by atoms with van der Waals surface area (Å²) in [6.07, 6.45) is 2.63. The first-order valence-corrected chi connectivity index (χ1v) is 9.41. The van der Waals surface area contributed by atoms with Gasteiger partial charge in [0.05, 0.1) is 39.6 Å². The molecule has 0 aromatic carbocycles. The summed E-state index contributed by atoms with van der Waals surface area (Å²) in [6, 6.07) is 0. The SMILES string of the molecule is NCCCCC(=O)NCCOCCOCCOCCNC(=O)CCS. The minimum Gasteiger partial charge on any atom is -0.377 e. The monoisotopic (exact) mass is 379 g/mol. The molecule has 0 rings (SSSR count). The van der Waals surface area contributed by atoms with Crippen LogP contribution in [0, 0.1) is 0 Å². The molecule has 0 unspecified atom stereocenters. The molecule has 0 aliphatic carbocycles. The second-order valence-corrected chi connectivity index (χ2v) is 5.70. The summed E-state index contributed by atoms with van der Waals surface area (Å²) < 4.78 is 16.0. The first-order valence-electron chi connectivity index (χ1n) is 8.78. The van der Waals surface area contributed by atoms with E-state index in [4.69, 9.17) is 19.9 Å². The van der Waals surface area contributed by atoms with Crippen LogP contribution in [0.4, 0.5) is 0 Å². The number of ether oxygens (including phenoxy) is 3. The number of hydrogen-bond acceptors (Lipinski definition) is 7. The molecular weight excluding hydrogens is 346 g/mol. The van der Waals surface area contributed by atoms with E-state index in [-0.39, 0.29) is 11.8 Å². The Bertz CT molecular complexity index is 335. The molecule has 0 bridgehead atoms. The molecule has 0 heterocycles. The zero-order valence-electron chi connectivity index (χ0n) is 15.0. The van der Waals surface area contributed by atoms with Crippen LogP contribution in [0.5, 0.6) is 0 Å². The lowest BCUT2D eigenvalue weighted by Crippen LogP contribution is -2.28. The van der Waals surface area contributed by atoms with Crippen LogP contribution in [0.2, 0.25) is 0 Å². The molecule has 4 N–H and O–H groups in total. The molecule has 0 atom stereocenters. The van der Waals surface area contributed by atoms with Crippen molar-refractivity contribution in [3.05, 3.63) is 0 Å². The van der Waals surface area contributed by atoms with E-state index in [1.165, 1.54) is 0 Å². The maximum Gasteiger partial charge on any atom is 0.220 e. The molecule has 0 radical (unpaired) electrons. The number of amides is 2. The molecule has 0 aromatic heterocycles. The van der Waals surface area contributed by atoms with Crippen molar-refractivity contribution in [2.45, 2.75) is 25.7 Å². The van der Waals surface area contributed by atoms with Gasteiger partial charge in [-0.2, -0.15) is 12.6 Å². The average molecular weight is 380 g/mol. The summed E-state index contributed by atoms with van der Waals surface area (Å²) in [7, 11) is 0. The smallest absolute Gasteiger partial charge is 0.220 e. The average Bonchev–Trinajstić information content (AvgIpc) is 2.59. The molecule has 25 heavy (non-hydrogen) atoms. The van der Waals surface area contributed by atoms with Crippen molar-refractivity contribution in [3.63, 3.8) is 0 Å². The minimum absolute atomic E-state index is 0.0150. The van der Waals surface area contributed by atoms with Crippen molar-refractivity contribution >= 4 is 24.4 Å². The van der Waals surface area contributed by atoms with Gasteiger partial charge < -0.3 is 30.6 Å². The highest BCUT2D eigenvalue weighted by atomic mass is 32.1. The lowest BCUT2D eigenvalue weighted by Gasteiger charge is -2.08. The molecule has 0 saturated carbocycles. The van der Waals surface area contributed by atoms with Crippen LogP contribution in [0.15, 0.2) is 0 Å². The Morgan fingerprint density at radius 1 is 0.760 bits per heavy atom. The summed E-state index contributed by atoms with van der Waals surface area (Å²) in [4.78, 5) is 22.5. The van der Waals surface area contributed by atoms with Crippen molar-refractivity contribution < 1.29 is 23.8 Å². The third-order valence-corrected chi connectivity index (χ3v) is 3.30. The molecule has 9 heteroatoms. The van der Waals surface area contributed by atoms with Crippen molar-refractivity contribution in [3.8, 4) is 0 Å². The summed E-state index contributed by atoms with van der Waals surface area (Å²) in [5.41, 5.74) is 5.37. The van der Waals surface area contributed by atoms with Crippen LogP contribution in [0.1, 0.15) is 25.7 Å². The summed E-state index contributed by atoms with van der Waals surface area (Å²) in [5.74, 6) is 0.565. The molecule has 2 amide bonds. The lowest BCUT2D eigenvalue weighted by atomic mass is 10.2. The fourth-order valence-electron chi connectivity index (χ4n) is 1.78. The predicted molar refractivity (Wildman–Crippen MR) is 99.9 cm³/mol. The van der Waals surface area contributed by atoms with Crippen LogP contribution in [-0.2, 0) is 23.8 Å². The summed E-state index contributed by atoms with van der Waals surface area (Å²) in [6.45, 7) is 4.45. The zero-order valence-corrected chi connectivity index (χ0v) is 15.9. The van der Waals surface area contributed by atoms with E-state index in [0.29, 0.717) is 77.9 Å². The van der Waals surface area contributed by atoms with Gasteiger partial charge in [0.15, 0.2) is 0 Å². The Balaban J connectivity index is 3.14. The van der Waals surface area contributed by atoms with E-state index >= 15 is 0 Å². The van der Waals surface area contributed by atoms with Crippen molar-refractivity contribution in [2.75, 3.05) is 65.0 Å². The van der Waals surface area contributed by atoms with Crippen LogP contribution >= 0.6 is 12.6 Å². The van der Waals surface area contributed by atoms with E-state index in [2.05, 4.69) is 23.3 Å². The number of hydrogen-bond donors (Lipinski definition) is 4. The van der Waals surface area contributed by atoms with Crippen LogP contribution < -0.4 is 16.4 Å². The highest BCUT2D eigenvalue weighted by Crippen LogP contribution is 1.92. The van der Waals surface area contributed by atoms with Gasteiger partial charge in [0.2, 0.25) is 11.8 Å². The number of nitrogens with two attached hydrogens (primary N) is 1. The molecule has 0 saturated heterocycles. The Hall–Kier alpha value is -0.870. The van der Waals surface area contributed by atoms with Gasteiger partial charge in [-0.3, -0.25) is 9.59 Å². The van der Waals surface area contributed by atoms with Crippen LogP contribution in [0.25, 0.3) is 0 Å². The van der Waals surface area contributed by atoms with Gasteiger partial charge in [-0.15, -0.1) is 0 Å². The summed E-state index contributed by atoms with van der Waals surface area (Å²) in [5, 5.41) is 5.52. The van der Waals surface area contributed by atoms with Gasteiger partial charge in [-0.1, -0.05) is 0 Å². The van der Waals surface area contributed by atoms with Gasteiger partial charge in [0.1, 0.15) is 0 Å². The van der Waals surface area contributed by atoms with Crippen LogP contribution in [0.3, 0.4) is 0 Å². The summed E-state index contributed by atoms with van der Waals surface area (Å²) >= 11 is 3.98. The quantitative estimate of drug-likeness (QED) is 0.192. The molecule has 0 spiro atoms. The maximum absolute atomic E-state index is 11.4. The minimum atomic E-state index is -0.0150. The molecule has 0 aliphatic rings. The number of unbranched alkanes of at least 4 members (excludes halogenated alkanes) is 1.